The van der Waals surface area contributed by atoms with Crippen molar-refractivity contribution in [2.75, 3.05) is 34.4 Å². The Morgan fingerprint density at radius 2 is 2.06 bits per heavy atom. The van der Waals surface area contributed by atoms with Crippen LogP contribution in [0.4, 0.5) is 0 Å². The lowest BCUT2D eigenvalue weighted by Gasteiger charge is -2.26. The third-order valence-electron chi connectivity index (χ3n) is 2.94. The molecule has 1 aromatic rings. The van der Waals surface area contributed by atoms with Crippen molar-refractivity contribution >= 4 is 5.91 Å². The Balaban J connectivity index is 2.72. The molecule has 0 aromatic heterocycles. The van der Waals surface area contributed by atoms with Gasteiger partial charge in [0.1, 0.15) is 6.61 Å². The van der Waals surface area contributed by atoms with Crippen LogP contribution in [0.1, 0.15) is 17.2 Å². The molecule has 4 nitrogen and oxygen atoms in total. The third kappa shape index (κ3) is 4.13. The first-order valence-electron chi connectivity index (χ1n) is 6.04. The Labute approximate surface area is 109 Å². The molecule has 0 unspecified atom stereocenters. The van der Waals surface area contributed by atoms with Gasteiger partial charge >= 0.3 is 0 Å². The Morgan fingerprint density at radius 1 is 1.39 bits per heavy atom. The summed E-state index contributed by atoms with van der Waals surface area (Å²) in [6.07, 6.45) is 0. The van der Waals surface area contributed by atoms with Crippen molar-refractivity contribution in [2.45, 2.75) is 13.0 Å². The number of amides is 1. The number of aryl methyl sites for hydroxylation is 1. The van der Waals surface area contributed by atoms with Crippen LogP contribution in [0.3, 0.4) is 0 Å². The van der Waals surface area contributed by atoms with Crippen LogP contribution in [-0.4, -0.2) is 45.2 Å². The summed E-state index contributed by atoms with van der Waals surface area (Å²) >= 11 is 0. The van der Waals surface area contributed by atoms with Crippen molar-refractivity contribution in [3.8, 4) is 0 Å². The minimum Gasteiger partial charge on any atom is -0.375 e. The van der Waals surface area contributed by atoms with Gasteiger partial charge < -0.3 is 15.0 Å². The number of hydrogen-bond donors (Lipinski definition) is 1. The smallest absolute Gasteiger partial charge is 0.246 e. The lowest BCUT2D eigenvalue weighted by molar-refractivity contribution is -0.124. The van der Waals surface area contributed by atoms with Gasteiger partial charge in [-0.2, -0.15) is 0 Å². The van der Waals surface area contributed by atoms with Gasteiger partial charge in [0.05, 0.1) is 6.04 Å². The number of likely N-dealkylation sites (N-methyl/N-ethyl adjacent to an activating group) is 1. The summed E-state index contributed by atoms with van der Waals surface area (Å²) in [5.74, 6) is -0.0852. The van der Waals surface area contributed by atoms with Crippen molar-refractivity contribution < 1.29 is 9.53 Å². The Morgan fingerprint density at radius 3 is 2.61 bits per heavy atom. The average Bonchev–Trinajstić information content (AvgIpc) is 2.31. The van der Waals surface area contributed by atoms with Crippen molar-refractivity contribution in [1.29, 1.82) is 0 Å². The molecule has 0 aliphatic heterocycles. The normalized spacial score (nSPS) is 12.5. The maximum absolute atomic E-state index is 11.4. The quantitative estimate of drug-likeness (QED) is 0.829. The number of rotatable bonds is 6. The van der Waals surface area contributed by atoms with E-state index in [1.54, 1.807) is 0 Å². The van der Waals surface area contributed by atoms with Crippen molar-refractivity contribution in [2.24, 2.45) is 0 Å². The summed E-state index contributed by atoms with van der Waals surface area (Å²) in [7, 11) is 5.55. The van der Waals surface area contributed by atoms with Crippen molar-refractivity contribution in [1.82, 2.24) is 10.2 Å². The van der Waals surface area contributed by atoms with E-state index >= 15 is 0 Å². The number of methoxy groups -OCH3 is 1. The van der Waals surface area contributed by atoms with Gasteiger partial charge in [0.15, 0.2) is 0 Å². The van der Waals surface area contributed by atoms with Crippen LogP contribution >= 0.6 is 0 Å². The number of hydrogen-bond acceptors (Lipinski definition) is 3. The van der Waals surface area contributed by atoms with E-state index in [-0.39, 0.29) is 18.6 Å². The van der Waals surface area contributed by atoms with E-state index < -0.39 is 0 Å². The minimum absolute atomic E-state index is 0.0852. The molecular formula is C14H22N2O2. The Hall–Kier alpha value is -1.39. The van der Waals surface area contributed by atoms with Gasteiger partial charge in [-0.25, -0.2) is 0 Å². The summed E-state index contributed by atoms with van der Waals surface area (Å²) in [6, 6.07) is 8.41. The van der Waals surface area contributed by atoms with E-state index in [9.17, 15) is 4.79 Å². The van der Waals surface area contributed by atoms with Gasteiger partial charge in [-0.1, -0.05) is 24.3 Å². The zero-order valence-corrected chi connectivity index (χ0v) is 11.6. The highest BCUT2D eigenvalue weighted by molar-refractivity contribution is 5.77. The number of carbonyl (C=O) groups excluding carboxylic acids is 1. The molecule has 1 atom stereocenters. The second-order valence-corrected chi connectivity index (χ2v) is 4.57. The molecule has 1 rings (SSSR count). The van der Waals surface area contributed by atoms with Crippen LogP contribution in [0.25, 0.3) is 0 Å². The van der Waals surface area contributed by atoms with E-state index in [0.717, 1.165) is 0 Å². The lowest BCUT2D eigenvalue weighted by Crippen LogP contribution is -2.36. The van der Waals surface area contributed by atoms with Crippen LogP contribution in [0.15, 0.2) is 24.3 Å². The zero-order chi connectivity index (χ0) is 13.5. The van der Waals surface area contributed by atoms with Crippen molar-refractivity contribution in [3.63, 3.8) is 0 Å². The van der Waals surface area contributed by atoms with Gasteiger partial charge in [-0.15, -0.1) is 0 Å². The first kappa shape index (κ1) is 14.7. The van der Waals surface area contributed by atoms with Gasteiger partial charge in [-0.3, -0.25) is 4.79 Å². The van der Waals surface area contributed by atoms with E-state index in [2.05, 4.69) is 29.3 Å². The molecule has 0 radical (unpaired) electrons. The first-order valence-corrected chi connectivity index (χ1v) is 6.04. The molecule has 0 spiro atoms. The average molecular weight is 250 g/mol. The van der Waals surface area contributed by atoms with Crippen molar-refractivity contribution in [3.05, 3.63) is 35.4 Å². The highest BCUT2D eigenvalue weighted by Crippen LogP contribution is 2.20. The van der Waals surface area contributed by atoms with E-state index in [0.29, 0.717) is 6.54 Å². The SMILES string of the molecule is COCC(=O)NC[C@@H](c1ccccc1C)N(C)C. The maximum atomic E-state index is 11.4. The maximum Gasteiger partial charge on any atom is 0.246 e. The number of ether oxygens (including phenoxy) is 1. The fourth-order valence-corrected chi connectivity index (χ4v) is 1.92. The van der Waals surface area contributed by atoms with Crippen LogP contribution in [0, 0.1) is 6.92 Å². The summed E-state index contributed by atoms with van der Waals surface area (Å²) < 4.78 is 4.80. The topological polar surface area (TPSA) is 41.6 Å². The predicted octanol–water partition coefficient (Wildman–Crippen LogP) is 1.36. The van der Waals surface area contributed by atoms with E-state index in [4.69, 9.17) is 4.74 Å². The highest BCUT2D eigenvalue weighted by Gasteiger charge is 2.16. The molecule has 18 heavy (non-hydrogen) atoms. The molecule has 1 aromatic carbocycles. The summed E-state index contributed by atoms with van der Waals surface area (Å²) in [5.41, 5.74) is 2.47. The molecule has 1 N–H and O–H groups in total. The molecule has 1 amide bonds. The summed E-state index contributed by atoms with van der Waals surface area (Å²) in [5, 5.41) is 2.89. The zero-order valence-electron chi connectivity index (χ0n) is 11.6. The number of benzene rings is 1. The molecule has 0 heterocycles. The molecular weight excluding hydrogens is 228 g/mol. The molecule has 0 bridgehead atoms. The van der Waals surface area contributed by atoms with Gasteiger partial charge in [-0.05, 0) is 32.1 Å². The number of nitrogens with one attached hydrogen (secondary N) is 1. The Kier molecular flexibility index (Phi) is 5.82. The molecule has 0 aliphatic rings. The number of nitrogens with zero attached hydrogens (tertiary/aromatic N) is 1. The Bertz CT molecular complexity index is 391. The largest absolute Gasteiger partial charge is 0.375 e. The van der Waals surface area contributed by atoms with Crippen LogP contribution in [-0.2, 0) is 9.53 Å². The lowest BCUT2D eigenvalue weighted by atomic mass is 10.0. The van der Waals surface area contributed by atoms with Crippen LogP contribution < -0.4 is 5.32 Å². The standard InChI is InChI=1S/C14H22N2O2/c1-11-7-5-6-8-12(11)13(16(2)3)9-15-14(17)10-18-4/h5-8,13H,9-10H2,1-4H3,(H,15,17)/t13-/m0/s1. The summed E-state index contributed by atoms with van der Waals surface area (Å²) in [6.45, 7) is 2.77. The molecule has 0 saturated heterocycles. The predicted molar refractivity (Wildman–Crippen MR) is 72.5 cm³/mol. The first-order chi connectivity index (χ1) is 8.56. The van der Waals surface area contributed by atoms with Crippen LogP contribution in [0.5, 0.6) is 0 Å². The number of carbonyl (C=O) groups is 1. The fourth-order valence-electron chi connectivity index (χ4n) is 1.92. The van der Waals surface area contributed by atoms with Gasteiger partial charge in [0.2, 0.25) is 5.91 Å². The van der Waals surface area contributed by atoms with E-state index in [1.807, 2.05) is 26.2 Å². The second kappa shape index (κ2) is 7.13. The molecule has 0 fully saturated rings. The molecule has 0 saturated carbocycles. The molecule has 100 valence electrons. The van der Waals surface area contributed by atoms with Crippen LogP contribution in [0.2, 0.25) is 0 Å². The van der Waals surface area contributed by atoms with Gasteiger partial charge in [0.25, 0.3) is 0 Å². The minimum atomic E-state index is -0.0852. The third-order valence-corrected chi connectivity index (χ3v) is 2.94. The highest BCUT2D eigenvalue weighted by atomic mass is 16.5. The fraction of sp³-hybridized carbons (Fsp3) is 0.500. The monoisotopic (exact) mass is 250 g/mol. The van der Waals surface area contributed by atoms with Gasteiger partial charge in [0, 0.05) is 13.7 Å². The summed E-state index contributed by atoms with van der Waals surface area (Å²) in [4.78, 5) is 13.5. The second-order valence-electron chi connectivity index (χ2n) is 4.57. The van der Waals surface area contributed by atoms with E-state index in [1.165, 1.54) is 18.2 Å². The molecule has 0 aliphatic carbocycles. The molecule has 4 heteroatoms.